The van der Waals surface area contributed by atoms with Gasteiger partial charge in [0.05, 0.1) is 5.69 Å². The summed E-state index contributed by atoms with van der Waals surface area (Å²) >= 11 is 3.32. The van der Waals surface area contributed by atoms with Crippen molar-refractivity contribution in [3.05, 3.63) is 57.3 Å². The molecule has 0 spiro atoms. The number of rotatable bonds is 3. The van der Waals surface area contributed by atoms with Crippen LogP contribution in [0.15, 0.2) is 40.4 Å². The Morgan fingerprint density at radius 2 is 1.70 bits per heavy atom. The van der Waals surface area contributed by atoms with Gasteiger partial charge in [-0.15, -0.1) is 0 Å². The monoisotopic (exact) mass is 429 g/mol. The van der Waals surface area contributed by atoms with E-state index in [0.29, 0.717) is 5.69 Å². The summed E-state index contributed by atoms with van der Waals surface area (Å²) in [6, 6.07) is 8.17. The molecule has 1 aromatic carbocycles. The number of imide groups is 2. The molecule has 2 heterocycles. The predicted octanol–water partition coefficient (Wildman–Crippen LogP) is 4.11. The lowest BCUT2D eigenvalue weighted by Crippen LogP contribution is -2.54. The molecule has 7 heteroatoms. The molecule has 1 N–H and O–H groups in total. The van der Waals surface area contributed by atoms with E-state index in [1.54, 1.807) is 30.3 Å². The fraction of sp³-hybridized carbons (Fsp3) is 0.250. The third-order valence-corrected chi connectivity index (χ3v) is 5.05. The molecule has 3 rings (SSSR count). The van der Waals surface area contributed by atoms with Crippen molar-refractivity contribution in [1.29, 1.82) is 0 Å². The first-order chi connectivity index (χ1) is 12.7. The van der Waals surface area contributed by atoms with Crippen molar-refractivity contribution < 1.29 is 14.4 Å². The predicted molar refractivity (Wildman–Crippen MR) is 107 cm³/mol. The summed E-state index contributed by atoms with van der Waals surface area (Å²) in [5, 5.41) is 2.25. The van der Waals surface area contributed by atoms with Gasteiger partial charge in [0.1, 0.15) is 5.57 Å². The highest BCUT2D eigenvalue weighted by atomic mass is 79.9. The van der Waals surface area contributed by atoms with Crippen LogP contribution in [0.2, 0.25) is 0 Å². The minimum absolute atomic E-state index is 0.0680. The van der Waals surface area contributed by atoms with Gasteiger partial charge in [0, 0.05) is 21.9 Å². The van der Waals surface area contributed by atoms with Gasteiger partial charge in [-0.05, 0) is 69.7 Å². The maximum absolute atomic E-state index is 12.9. The zero-order valence-electron chi connectivity index (χ0n) is 15.5. The number of hydrogen-bond acceptors (Lipinski definition) is 3. The number of halogens is 1. The summed E-state index contributed by atoms with van der Waals surface area (Å²) in [5.41, 5.74) is 3.11. The molecule has 0 aliphatic carbocycles. The minimum Gasteiger partial charge on any atom is -0.346 e. The van der Waals surface area contributed by atoms with E-state index in [-0.39, 0.29) is 11.6 Å². The van der Waals surface area contributed by atoms with E-state index in [1.165, 1.54) is 0 Å². The van der Waals surface area contributed by atoms with Crippen molar-refractivity contribution in [1.82, 2.24) is 9.88 Å². The molecule has 27 heavy (non-hydrogen) atoms. The number of barbiturate groups is 1. The van der Waals surface area contributed by atoms with Crippen molar-refractivity contribution in [3.8, 4) is 0 Å². The molecule has 0 unspecified atom stereocenters. The van der Waals surface area contributed by atoms with Gasteiger partial charge in [-0.3, -0.25) is 14.9 Å². The zero-order chi connectivity index (χ0) is 19.9. The summed E-state index contributed by atoms with van der Waals surface area (Å²) in [6.07, 6.45) is 1.55. The van der Waals surface area contributed by atoms with Gasteiger partial charge in [-0.1, -0.05) is 15.9 Å². The van der Waals surface area contributed by atoms with Crippen LogP contribution >= 0.6 is 15.9 Å². The van der Waals surface area contributed by atoms with Crippen LogP contribution in [-0.4, -0.2) is 22.4 Å². The van der Waals surface area contributed by atoms with Crippen LogP contribution in [0.3, 0.4) is 0 Å². The SMILES string of the molecule is Cc1cc(/C=C2\C(=O)NC(=O)N(c3ccc(Br)cc3)C2=O)c(C)n1C(C)C. The zero-order valence-corrected chi connectivity index (χ0v) is 17.1. The van der Waals surface area contributed by atoms with Crippen LogP contribution in [0.5, 0.6) is 0 Å². The molecular formula is C20H20BrN3O3. The van der Waals surface area contributed by atoms with E-state index in [1.807, 2.05) is 19.9 Å². The average molecular weight is 430 g/mol. The second-order valence-electron chi connectivity index (χ2n) is 6.72. The van der Waals surface area contributed by atoms with E-state index in [0.717, 1.165) is 26.3 Å². The topological polar surface area (TPSA) is 71.4 Å². The molecule has 2 aromatic rings. The van der Waals surface area contributed by atoms with Crippen LogP contribution in [0, 0.1) is 13.8 Å². The Hall–Kier alpha value is -2.67. The normalized spacial score (nSPS) is 16.4. The fourth-order valence-corrected chi connectivity index (χ4v) is 3.65. The molecule has 1 aromatic heterocycles. The number of carbonyl (C=O) groups is 3. The van der Waals surface area contributed by atoms with Crippen LogP contribution in [0.4, 0.5) is 10.5 Å². The van der Waals surface area contributed by atoms with E-state index in [9.17, 15) is 14.4 Å². The Morgan fingerprint density at radius 1 is 1.07 bits per heavy atom. The average Bonchev–Trinajstić information content (AvgIpc) is 2.86. The van der Waals surface area contributed by atoms with Crippen LogP contribution in [0.1, 0.15) is 36.8 Å². The molecule has 4 amide bonds. The second-order valence-corrected chi connectivity index (χ2v) is 7.64. The molecule has 1 aliphatic rings. The van der Waals surface area contributed by atoms with Gasteiger partial charge in [0.25, 0.3) is 11.8 Å². The molecular weight excluding hydrogens is 410 g/mol. The molecule has 140 valence electrons. The molecule has 1 saturated heterocycles. The van der Waals surface area contributed by atoms with Gasteiger partial charge in [0.15, 0.2) is 0 Å². The lowest BCUT2D eigenvalue weighted by molar-refractivity contribution is -0.122. The highest BCUT2D eigenvalue weighted by Crippen LogP contribution is 2.26. The lowest BCUT2D eigenvalue weighted by Gasteiger charge is -2.26. The Morgan fingerprint density at radius 3 is 2.26 bits per heavy atom. The van der Waals surface area contributed by atoms with Crippen LogP contribution in [-0.2, 0) is 9.59 Å². The highest BCUT2D eigenvalue weighted by molar-refractivity contribution is 9.10. The number of nitrogens with one attached hydrogen (secondary N) is 1. The van der Waals surface area contributed by atoms with E-state index in [4.69, 9.17) is 0 Å². The number of benzene rings is 1. The van der Waals surface area contributed by atoms with Crippen molar-refractivity contribution in [3.63, 3.8) is 0 Å². The Labute approximate surface area is 166 Å². The summed E-state index contributed by atoms with van der Waals surface area (Å²) in [4.78, 5) is 38.5. The Bertz CT molecular complexity index is 971. The summed E-state index contributed by atoms with van der Waals surface area (Å²) in [6.45, 7) is 8.07. The first-order valence-corrected chi connectivity index (χ1v) is 9.35. The maximum Gasteiger partial charge on any atom is 0.335 e. The van der Waals surface area contributed by atoms with Gasteiger partial charge in [0.2, 0.25) is 0 Å². The standard InChI is InChI=1S/C20H20BrN3O3/c1-11(2)23-12(3)9-14(13(23)4)10-17-18(25)22-20(27)24(19(17)26)16-7-5-15(21)6-8-16/h5-11H,1-4H3,(H,22,25,27)/b17-10+. The minimum atomic E-state index is -0.753. The first kappa shape index (κ1) is 19.1. The molecule has 0 bridgehead atoms. The summed E-state index contributed by atoms with van der Waals surface area (Å²) in [7, 11) is 0. The largest absolute Gasteiger partial charge is 0.346 e. The maximum atomic E-state index is 12.9. The number of anilines is 1. The number of nitrogens with zero attached hydrogens (tertiary/aromatic N) is 2. The quantitative estimate of drug-likeness (QED) is 0.589. The second kappa shape index (κ2) is 7.15. The summed E-state index contributed by atoms with van der Waals surface area (Å²) in [5.74, 6) is -1.33. The van der Waals surface area contributed by atoms with E-state index < -0.39 is 17.8 Å². The lowest BCUT2D eigenvalue weighted by atomic mass is 10.1. The van der Waals surface area contributed by atoms with Gasteiger partial charge in [-0.2, -0.15) is 0 Å². The smallest absolute Gasteiger partial charge is 0.335 e. The molecule has 0 radical (unpaired) electrons. The van der Waals surface area contributed by atoms with Crippen molar-refractivity contribution >= 4 is 45.5 Å². The molecule has 0 atom stereocenters. The Balaban J connectivity index is 2.05. The third-order valence-electron chi connectivity index (χ3n) is 4.53. The number of hydrogen-bond donors (Lipinski definition) is 1. The number of aromatic nitrogens is 1. The van der Waals surface area contributed by atoms with Crippen molar-refractivity contribution in [2.24, 2.45) is 0 Å². The van der Waals surface area contributed by atoms with E-state index >= 15 is 0 Å². The summed E-state index contributed by atoms with van der Waals surface area (Å²) < 4.78 is 2.96. The highest BCUT2D eigenvalue weighted by Gasteiger charge is 2.37. The number of urea groups is 1. The van der Waals surface area contributed by atoms with Gasteiger partial charge >= 0.3 is 6.03 Å². The molecule has 1 fully saturated rings. The number of aryl methyl sites for hydroxylation is 1. The van der Waals surface area contributed by atoms with E-state index in [2.05, 4.69) is 39.7 Å². The number of carbonyl (C=O) groups excluding carboxylic acids is 3. The van der Waals surface area contributed by atoms with Crippen LogP contribution in [0.25, 0.3) is 6.08 Å². The van der Waals surface area contributed by atoms with Crippen molar-refractivity contribution in [2.75, 3.05) is 4.90 Å². The molecule has 0 saturated carbocycles. The van der Waals surface area contributed by atoms with Gasteiger partial charge < -0.3 is 4.57 Å². The van der Waals surface area contributed by atoms with Gasteiger partial charge in [-0.25, -0.2) is 9.69 Å². The van der Waals surface area contributed by atoms with Crippen molar-refractivity contribution in [2.45, 2.75) is 33.7 Å². The number of amides is 4. The first-order valence-electron chi connectivity index (χ1n) is 8.56. The Kier molecular flexibility index (Phi) is 5.06. The third kappa shape index (κ3) is 3.47. The molecule has 1 aliphatic heterocycles. The fourth-order valence-electron chi connectivity index (χ4n) is 3.38. The molecule has 6 nitrogen and oxygen atoms in total. The van der Waals surface area contributed by atoms with Crippen LogP contribution < -0.4 is 10.2 Å².